The number of carbonyl (C=O) groups excluding carboxylic acids is 1. The van der Waals surface area contributed by atoms with Crippen molar-refractivity contribution in [3.05, 3.63) is 41.0 Å². The van der Waals surface area contributed by atoms with Gasteiger partial charge in [0, 0.05) is 37.0 Å². The molecule has 7 unspecified atom stereocenters. The van der Waals surface area contributed by atoms with E-state index in [1.807, 2.05) is 18.2 Å². The van der Waals surface area contributed by atoms with Gasteiger partial charge >= 0.3 is 11.9 Å². The summed E-state index contributed by atoms with van der Waals surface area (Å²) in [5.74, 6) is 0.572. The first kappa shape index (κ1) is 36.9. The second-order valence-electron chi connectivity index (χ2n) is 12.7. The molecule has 16 nitrogen and oxygen atoms in total. The number of aliphatic carboxylic acids is 1. The number of nitrogens with two attached hydrogens (primary N) is 1. The van der Waals surface area contributed by atoms with E-state index in [4.69, 9.17) is 58.5 Å². The number of ether oxygens (including phenoxy) is 8. The fourth-order valence-electron chi connectivity index (χ4n) is 6.61. The van der Waals surface area contributed by atoms with Gasteiger partial charge in [0.2, 0.25) is 6.79 Å². The molecule has 1 saturated heterocycles. The summed E-state index contributed by atoms with van der Waals surface area (Å²) in [6.45, 7) is 2.26. The summed E-state index contributed by atoms with van der Waals surface area (Å²) in [6.07, 6.45) is -3.49. The molecule has 51 heavy (non-hydrogen) atoms. The number of aliphatic hydroxyl groups excluding tert-OH is 2. The number of benzene rings is 2. The van der Waals surface area contributed by atoms with E-state index in [-0.39, 0.29) is 51.6 Å². The first-order valence-corrected chi connectivity index (χ1v) is 17.3. The minimum atomic E-state index is -1.45. The Morgan fingerprint density at radius 2 is 1.78 bits per heavy atom. The van der Waals surface area contributed by atoms with Crippen LogP contribution in [0.15, 0.2) is 24.3 Å². The molecular weight excluding hydrogens is 674 g/mol. The molecule has 1 fully saturated rings. The average molecular weight is 720 g/mol. The van der Waals surface area contributed by atoms with E-state index in [1.165, 1.54) is 0 Å². The van der Waals surface area contributed by atoms with Crippen LogP contribution < -0.4 is 29.6 Å². The van der Waals surface area contributed by atoms with Crippen LogP contribution in [0, 0.1) is 0 Å². The van der Waals surface area contributed by atoms with Gasteiger partial charge in [0.25, 0.3) is 0 Å². The highest BCUT2D eigenvalue weighted by Gasteiger charge is 2.49. The van der Waals surface area contributed by atoms with Crippen molar-refractivity contribution < 1.29 is 72.6 Å². The molecule has 7 atom stereocenters. The summed E-state index contributed by atoms with van der Waals surface area (Å²) in [5, 5.41) is 29.8. The molecule has 4 aliphatic heterocycles. The van der Waals surface area contributed by atoms with Crippen molar-refractivity contribution in [2.45, 2.75) is 88.2 Å². The van der Waals surface area contributed by atoms with E-state index in [1.54, 1.807) is 6.07 Å². The number of carboxylic acids is 1. The summed E-state index contributed by atoms with van der Waals surface area (Å²) in [5.41, 5.74) is 8.34. The third-order valence-corrected chi connectivity index (χ3v) is 9.04. The zero-order valence-corrected chi connectivity index (χ0v) is 28.4. The maximum absolute atomic E-state index is 12.0. The molecule has 280 valence electrons. The second kappa shape index (κ2) is 17.1. The van der Waals surface area contributed by atoms with Crippen molar-refractivity contribution in [1.29, 1.82) is 0 Å². The second-order valence-corrected chi connectivity index (χ2v) is 12.7. The van der Waals surface area contributed by atoms with Crippen LogP contribution >= 0.6 is 0 Å². The fraction of sp³-hybridized carbons (Fsp3) is 0.600. The highest BCUT2D eigenvalue weighted by molar-refractivity contribution is 5.90. The van der Waals surface area contributed by atoms with Crippen molar-refractivity contribution in [2.24, 2.45) is 5.73 Å². The highest BCUT2D eigenvalue weighted by Crippen LogP contribution is 2.55. The molecule has 0 amide bonds. The first-order chi connectivity index (χ1) is 24.8. The molecular formula is C35H45NO15. The zero-order chi connectivity index (χ0) is 35.9. The Balaban J connectivity index is 1.23. The van der Waals surface area contributed by atoms with Gasteiger partial charge in [0.05, 0.1) is 19.1 Å². The molecule has 0 radical (unpaired) electrons. The number of fused-ring (bicyclic) bond motifs is 6. The molecule has 6 rings (SSSR count). The predicted molar refractivity (Wildman–Crippen MR) is 174 cm³/mol. The molecule has 0 aromatic heterocycles. The van der Waals surface area contributed by atoms with E-state index >= 15 is 0 Å². The highest BCUT2D eigenvalue weighted by atomic mass is 17.2. The minimum Gasteiger partial charge on any atom is -0.492 e. The van der Waals surface area contributed by atoms with Crippen molar-refractivity contribution in [3.63, 3.8) is 0 Å². The lowest BCUT2D eigenvalue weighted by molar-refractivity contribution is -0.375. The molecule has 0 saturated carbocycles. The van der Waals surface area contributed by atoms with Crippen LogP contribution in [0.4, 0.5) is 0 Å². The number of carboxylic acid groups (broad SMARTS) is 1. The molecule has 4 aliphatic rings. The van der Waals surface area contributed by atoms with Crippen LogP contribution in [0.1, 0.15) is 67.7 Å². The number of hydrogen-bond acceptors (Lipinski definition) is 15. The first-order valence-electron chi connectivity index (χ1n) is 17.3. The number of aryl methyl sites for hydroxylation is 1. The van der Waals surface area contributed by atoms with Gasteiger partial charge in [-0.3, -0.25) is 9.59 Å². The van der Waals surface area contributed by atoms with Crippen LogP contribution in [0.25, 0.3) is 0 Å². The Morgan fingerprint density at radius 3 is 2.55 bits per heavy atom. The molecule has 2 aromatic carbocycles. The smallest absolute Gasteiger partial charge is 0.317 e. The number of esters is 1. The van der Waals surface area contributed by atoms with Gasteiger partial charge in [-0.25, -0.2) is 0 Å². The summed E-state index contributed by atoms with van der Waals surface area (Å²) >= 11 is 0. The molecule has 2 aromatic rings. The Morgan fingerprint density at radius 1 is 0.961 bits per heavy atom. The van der Waals surface area contributed by atoms with Crippen molar-refractivity contribution in [3.8, 4) is 28.7 Å². The van der Waals surface area contributed by atoms with Crippen LogP contribution in [0.3, 0.4) is 0 Å². The van der Waals surface area contributed by atoms with Gasteiger partial charge in [-0.05, 0) is 43.0 Å². The van der Waals surface area contributed by atoms with Crippen molar-refractivity contribution in [1.82, 2.24) is 0 Å². The number of aliphatic hydroxyl groups is 2. The number of rotatable bonds is 18. The molecule has 4 heterocycles. The molecule has 0 spiro atoms. The zero-order valence-electron chi connectivity index (χ0n) is 28.4. The lowest BCUT2D eigenvalue weighted by Gasteiger charge is -2.42. The van der Waals surface area contributed by atoms with E-state index in [0.29, 0.717) is 36.0 Å². The molecule has 0 bridgehead atoms. The van der Waals surface area contributed by atoms with Gasteiger partial charge in [-0.15, -0.1) is 0 Å². The molecule has 5 N–H and O–H groups in total. The van der Waals surface area contributed by atoms with E-state index in [2.05, 4.69) is 6.92 Å². The third kappa shape index (κ3) is 8.43. The standard InChI is InChI=1S/C35H45NO15/c1-2-3-4-6-19-11-20(12-22-31(19)45-16-23-21-13-25-26(47-18-46-25)14-24(21)48-32(22)23)50-51-34-30(41)33(42-9-5-8-37)27(49-35(34)43-10-7-36)17-44-29(40)15-28(38)39/h11-14,23,27,30,32-35,37,41H,2-10,15-18,36H2,1H3,(H,38,39). The van der Waals surface area contributed by atoms with E-state index in [9.17, 15) is 19.8 Å². The summed E-state index contributed by atoms with van der Waals surface area (Å²) in [6, 6.07) is 7.40. The predicted octanol–water partition coefficient (Wildman–Crippen LogP) is 2.28. The van der Waals surface area contributed by atoms with Gasteiger partial charge < -0.3 is 63.8 Å². The summed E-state index contributed by atoms with van der Waals surface area (Å²) in [4.78, 5) is 34.8. The van der Waals surface area contributed by atoms with Crippen LogP contribution in [0.5, 0.6) is 28.7 Å². The van der Waals surface area contributed by atoms with Crippen LogP contribution in [-0.2, 0) is 39.8 Å². The fourth-order valence-corrected chi connectivity index (χ4v) is 6.61. The SMILES string of the molecule is CCCCCc1cc(OOC2C(OCCN)OC(COC(=O)CC(=O)O)C(OCCCO)C2O)cc2c1OCC1c3cc4c(cc3OC21)OCO4. The maximum atomic E-state index is 12.0. The topological polar surface area (TPSA) is 213 Å². The Labute approximate surface area is 294 Å². The Hall–Kier alpha value is -3.90. The number of carbonyl (C=O) groups is 2. The minimum absolute atomic E-state index is 0.0248. The number of unbranched alkanes of at least 4 members (excludes halogenated alkanes) is 2. The van der Waals surface area contributed by atoms with Gasteiger partial charge in [0.1, 0.15) is 48.9 Å². The molecule has 16 heteroatoms. The van der Waals surface area contributed by atoms with E-state index < -0.39 is 55.7 Å². The summed E-state index contributed by atoms with van der Waals surface area (Å²) < 4.78 is 46.9. The lowest BCUT2D eigenvalue weighted by Crippen LogP contribution is -2.61. The van der Waals surface area contributed by atoms with Crippen LogP contribution in [-0.4, -0.2) is 104 Å². The Kier molecular flexibility index (Phi) is 12.3. The summed E-state index contributed by atoms with van der Waals surface area (Å²) in [7, 11) is 0. The number of hydrogen-bond donors (Lipinski definition) is 4. The quantitative estimate of drug-likeness (QED) is 0.0572. The normalized spacial score (nSPS) is 25.6. The Bertz CT molecular complexity index is 1520. The van der Waals surface area contributed by atoms with Gasteiger partial charge in [0.15, 0.2) is 29.6 Å². The van der Waals surface area contributed by atoms with Crippen molar-refractivity contribution in [2.75, 3.05) is 46.4 Å². The van der Waals surface area contributed by atoms with Gasteiger partial charge in [-0.2, -0.15) is 4.89 Å². The monoisotopic (exact) mass is 719 g/mol. The van der Waals surface area contributed by atoms with Crippen molar-refractivity contribution >= 4 is 11.9 Å². The molecule has 0 aliphatic carbocycles. The largest absolute Gasteiger partial charge is 0.492 e. The van der Waals surface area contributed by atoms with Gasteiger partial charge in [-0.1, -0.05) is 19.8 Å². The van der Waals surface area contributed by atoms with Crippen LogP contribution in [0.2, 0.25) is 0 Å². The third-order valence-electron chi connectivity index (χ3n) is 9.04. The lowest BCUT2D eigenvalue weighted by atomic mass is 9.87. The average Bonchev–Trinajstić information content (AvgIpc) is 3.73. The maximum Gasteiger partial charge on any atom is 0.317 e. The van der Waals surface area contributed by atoms with E-state index in [0.717, 1.165) is 41.7 Å².